The third kappa shape index (κ3) is 9.09. The van der Waals surface area contributed by atoms with E-state index in [-0.39, 0.29) is 41.2 Å². The minimum absolute atomic E-state index is 0.00658. The first-order valence-corrected chi connectivity index (χ1v) is 17.8. The molecule has 4 aromatic carbocycles. The highest BCUT2D eigenvalue weighted by atomic mass is 35.5. The van der Waals surface area contributed by atoms with E-state index < -0.39 is 28.5 Å². The Bertz CT molecular complexity index is 1840. The number of benzene rings is 4. The lowest BCUT2D eigenvalue weighted by molar-refractivity contribution is -0.140. The van der Waals surface area contributed by atoms with Crippen LogP contribution in [-0.2, 0) is 32.6 Å². The van der Waals surface area contributed by atoms with Crippen LogP contribution in [0.1, 0.15) is 42.5 Å². The van der Waals surface area contributed by atoms with Crippen LogP contribution in [0, 0.1) is 13.8 Å². The Morgan fingerprint density at radius 3 is 2.19 bits per heavy atom. The van der Waals surface area contributed by atoms with Crippen molar-refractivity contribution in [2.24, 2.45) is 0 Å². The summed E-state index contributed by atoms with van der Waals surface area (Å²) in [6, 6.07) is 24.6. The lowest BCUT2D eigenvalue weighted by Gasteiger charge is -2.34. The zero-order valence-corrected chi connectivity index (χ0v) is 30.1. The summed E-state index contributed by atoms with van der Waals surface area (Å²) in [5.41, 5.74) is 3.21. The smallest absolute Gasteiger partial charge is 0.264 e. The summed E-state index contributed by atoms with van der Waals surface area (Å²) in [6.07, 6.45) is 0.856. The Hall–Kier alpha value is -4.05. The molecule has 0 aliphatic carbocycles. The normalized spacial score (nSPS) is 12.6. The van der Waals surface area contributed by atoms with Gasteiger partial charge in [0, 0.05) is 29.1 Å². The average Bonchev–Trinajstić information content (AvgIpc) is 3.06. The van der Waals surface area contributed by atoms with E-state index >= 15 is 0 Å². The van der Waals surface area contributed by atoms with Crippen molar-refractivity contribution in [2.75, 3.05) is 18.0 Å². The van der Waals surface area contributed by atoms with Crippen LogP contribution >= 0.6 is 23.2 Å². The molecule has 0 spiro atoms. The third-order valence-corrected chi connectivity index (χ3v) is 10.5. The zero-order valence-electron chi connectivity index (χ0n) is 27.7. The number of aryl methyl sites for hydroxylation is 2. The monoisotopic (exact) mass is 709 g/mol. The van der Waals surface area contributed by atoms with Crippen LogP contribution in [0.2, 0.25) is 10.0 Å². The Kier molecular flexibility index (Phi) is 12.5. The van der Waals surface area contributed by atoms with E-state index in [0.29, 0.717) is 22.0 Å². The Labute approximate surface area is 293 Å². The molecule has 4 aromatic rings. The second kappa shape index (κ2) is 16.4. The number of anilines is 1. The first kappa shape index (κ1) is 36.8. The van der Waals surface area contributed by atoms with E-state index in [1.54, 1.807) is 48.5 Å². The number of hydrogen-bond acceptors (Lipinski definition) is 5. The molecule has 11 heteroatoms. The molecule has 0 heterocycles. The molecule has 0 aliphatic rings. The summed E-state index contributed by atoms with van der Waals surface area (Å²) in [5.74, 6) is -0.708. The summed E-state index contributed by atoms with van der Waals surface area (Å²) >= 11 is 12.8. The first-order chi connectivity index (χ1) is 22.8. The SMILES string of the molecule is CC[C@@H](C)NC(=O)[C@H](Cc1ccccc1)N(Cc1ccc(Cl)cc1Cl)C(=O)CN(c1cc(C)ccc1OC)S(=O)(=O)c1ccc(C)cc1. The van der Waals surface area contributed by atoms with Crippen molar-refractivity contribution in [1.82, 2.24) is 10.2 Å². The number of carbonyl (C=O) groups is 2. The molecule has 2 atom stereocenters. The predicted octanol–water partition coefficient (Wildman–Crippen LogP) is 7.37. The third-order valence-electron chi connectivity index (χ3n) is 8.12. The highest BCUT2D eigenvalue weighted by Crippen LogP contribution is 2.34. The number of halogens is 2. The van der Waals surface area contributed by atoms with Gasteiger partial charge in [-0.05, 0) is 80.3 Å². The molecule has 254 valence electrons. The van der Waals surface area contributed by atoms with Gasteiger partial charge in [0.05, 0.1) is 17.7 Å². The van der Waals surface area contributed by atoms with Crippen molar-refractivity contribution in [3.63, 3.8) is 0 Å². The second-order valence-electron chi connectivity index (χ2n) is 11.8. The molecule has 8 nitrogen and oxygen atoms in total. The van der Waals surface area contributed by atoms with Crippen molar-refractivity contribution in [3.05, 3.63) is 123 Å². The molecule has 1 N–H and O–H groups in total. The molecule has 48 heavy (non-hydrogen) atoms. The summed E-state index contributed by atoms with van der Waals surface area (Å²) < 4.78 is 35.4. The lowest BCUT2D eigenvalue weighted by Crippen LogP contribution is -2.54. The Balaban J connectivity index is 1.88. The van der Waals surface area contributed by atoms with E-state index in [0.717, 1.165) is 21.0 Å². The fraction of sp³-hybridized carbons (Fsp3) is 0.297. The summed E-state index contributed by atoms with van der Waals surface area (Å²) in [5, 5.41) is 3.75. The van der Waals surface area contributed by atoms with Crippen molar-refractivity contribution < 1.29 is 22.7 Å². The van der Waals surface area contributed by atoms with Gasteiger partial charge < -0.3 is 15.0 Å². The molecule has 0 unspecified atom stereocenters. The molecule has 0 radical (unpaired) electrons. The highest BCUT2D eigenvalue weighted by Gasteiger charge is 2.36. The van der Waals surface area contributed by atoms with Gasteiger partial charge in [0.25, 0.3) is 10.0 Å². The number of amides is 2. The van der Waals surface area contributed by atoms with Gasteiger partial charge in [-0.2, -0.15) is 0 Å². The van der Waals surface area contributed by atoms with Gasteiger partial charge in [-0.25, -0.2) is 8.42 Å². The molecule has 2 amide bonds. The lowest BCUT2D eigenvalue weighted by atomic mass is 10.0. The van der Waals surface area contributed by atoms with Crippen LogP contribution in [0.5, 0.6) is 5.75 Å². The van der Waals surface area contributed by atoms with Gasteiger partial charge in [0.15, 0.2) is 0 Å². The number of ether oxygens (including phenoxy) is 1. The molecule has 0 saturated heterocycles. The molecular formula is C37H41Cl2N3O5S. The number of nitrogens with zero attached hydrogens (tertiary/aromatic N) is 2. The average molecular weight is 711 g/mol. The number of hydrogen-bond donors (Lipinski definition) is 1. The fourth-order valence-corrected chi connectivity index (χ4v) is 7.06. The van der Waals surface area contributed by atoms with Gasteiger partial charge >= 0.3 is 0 Å². The van der Waals surface area contributed by atoms with Crippen LogP contribution in [-0.4, -0.2) is 50.9 Å². The quantitative estimate of drug-likeness (QED) is 0.148. The van der Waals surface area contributed by atoms with Crippen LogP contribution in [0.4, 0.5) is 5.69 Å². The van der Waals surface area contributed by atoms with Crippen molar-refractivity contribution in [3.8, 4) is 5.75 Å². The van der Waals surface area contributed by atoms with Gasteiger partial charge in [0.2, 0.25) is 11.8 Å². The molecular weight excluding hydrogens is 669 g/mol. The van der Waals surface area contributed by atoms with E-state index in [1.807, 2.05) is 58.0 Å². The van der Waals surface area contributed by atoms with Gasteiger partial charge in [-0.15, -0.1) is 0 Å². The second-order valence-corrected chi connectivity index (χ2v) is 14.5. The van der Waals surface area contributed by atoms with E-state index in [1.165, 1.54) is 24.1 Å². The molecule has 0 aromatic heterocycles. The van der Waals surface area contributed by atoms with E-state index in [2.05, 4.69) is 5.32 Å². The summed E-state index contributed by atoms with van der Waals surface area (Å²) in [7, 11) is -2.86. The fourth-order valence-electron chi connectivity index (χ4n) is 5.17. The number of nitrogens with one attached hydrogen (secondary N) is 1. The Morgan fingerprint density at radius 1 is 0.896 bits per heavy atom. The molecule has 0 aliphatic heterocycles. The minimum atomic E-state index is -4.30. The number of rotatable bonds is 14. The van der Waals surface area contributed by atoms with Crippen LogP contribution in [0.3, 0.4) is 0 Å². The van der Waals surface area contributed by atoms with Crippen molar-refractivity contribution in [2.45, 2.75) is 64.1 Å². The predicted molar refractivity (Wildman–Crippen MR) is 192 cm³/mol. The molecule has 0 fully saturated rings. The standard InChI is InChI=1S/C37H41Cl2N3O5S/c1-6-27(4)40-37(44)34(21-28-10-8-7-9-11-28)41(23-29-15-16-30(38)22-32(29)39)36(43)24-42(33-20-26(3)14-19-35(33)47-5)48(45,46)31-17-12-25(2)13-18-31/h7-20,22,27,34H,6,21,23-24H2,1-5H3,(H,40,44)/t27-,34+/m1/s1. The number of carbonyl (C=O) groups excluding carboxylic acids is 2. The van der Waals surface area contributed by atoms with Gasteiger partial charge in [-0.1, -0.05) is 90.3 Å². The number of sulfonamides is 1. The number of methoxy groups -OCH3 is 1. The van der Waals surface area contributed by atoms with E-state index in [9.17, 15) is 18.0 Å². The minimum Gasteiger partial charge on any atom is -0.495 e. The highest BCUT2D eigenvalue weighted by molar-refractivity contribution is 7.92. The summed E-state index contributed by atoms with van der Waals surface area (Å²) in [6.45, 7) is 6.83. The molecule has 0 saturated carbocycles. The maximum Gasteiger partial charge on any atom is 0.264 e. The van der Waals surface area contributed by atoms with Gasteiger partial charge in [0.1, 0.15) is 18.3 Å². The maximum atomic E-state index is 14.7. The van der Waals surface area contributed by atoms with E-state index in [4.69, 9.17) is 27.9 Å². The van der Waals surface area contributed by atoms with Crippen LogP contribution in [0.15, 0.2) is 95.9 Å². The zero-order chi connectivity index (χ0) is 35.0. The first-order valence-electron chi connectivity index (χ1n) is 15.7. The largest absolute Gasteiger partial charge is 0.495 e. The van der Waals surface area contributed by atoms with Crippen molar-refractivity contribution in [1.29, 1.82) is 0 Å². The van der Waals surface area contributed by atoms with Gasteiger partial charge in [-0.3, -0.25) is 13.9 Å². The molecule has 4 rings (SSSR count). The Morgan fingerprint density at radius 2 is 1.56 bits per heavy atom. The summed E-state index contributed by atoms with van der Waals surface area (Å²) in [4.78, 5) is 30.2. The topological polar surface area (TPSA) is 96.0 Å². The molecule has 0 bridgehead atoms. The van der Waals surface area contributed by atoms with Crippen LogP contribution in [0.25, 0.3) is 0 Å². The van der Waals surface area contributed by atoms with Crippen molar-refractivity contribution >= 4 is 50.7 Å². The maximum absolute atomic E-state index is 14.7. The van der Waals surface area contributed by atoms with Crippen LogP contribution < -0.4 is 14.4 Å².